The smallest absolute Gasteiger partial charge is 0.416 e. The van der Waals surface area contributed by atoms with E-state index in [9.17, 15) is 23.1 Å². The maximum atomic E-state index is 13.3. The van der Waals surface area contributed by atoms with Gasteiger partial charge in [0.1, 0.15) is 11.4 Å². The van der Waals surface area contributed by atoms with Crippen LogP contribution in [-0.4, -0.2) is 47.8 Å². The predicted molar refractivity (Wildman–Crippen MR) is 88.7 cm³/mol. The first-order chi connectivity index (χ1) is 12.0. The average molecular weight is 375 g/mol. The fourth-order valence-corrected chi connectivity index (χ4v) is 2.81. The number of alkyl halides is 3. The van der Waals surface area contributed by atoms with E-state index in [0.29, 0.717) is 19.2 Å². The Balaban J connectivity index is 2.04. The second-order valence-corrected chi connectivity index (χ2v) is 7.27. The summed E-state index contributed by atoms with van der Waals surface area (Å²) in [5.41, 5.74) is -1.49. The van der Waals surface area contributed by atoms with Gasteiger partial charge >= 0.3 is 12.1 Å². The summed E-state index contributed by atoms with van der Waals surface area (Å²) in [6.07, 6.45) is -5.21. The first-order valence-corrected chi connectivity index (χ1v) is 8.41. The van der Waals surface area contributed by atoms with Gasteiger partial charge in [-0.15, -0.1) is 0 Å². The minimum atomic E-state index is -4.59. The molecule has 1 atom stereocenters. The molecule has 26 heavy (non-hydrogen) atoms. The molecule has 1 aromatic rings. The molecule has 5 nitrogen and oxygen atoms in total. The molecule has 0 radical (unpaired) electrons. The normalized spacial score (nSPS) is 19.4. The van der Waals surface area contributed by atoms with E-state index < -0.39 is 29.2 Å². The summed E-state index contributed by atoms with van der Waals surface area (Å²) in [6.45, 7) is 6.73. The lowest BCUT2D eigenvalue weighted by atomic mass is 10.00. The van der Waals surface area contributed by atoms with Gasteiger partial charge in [-0.05, 0) is 38.5 Å². The standard InChI is InChI=1S/C18H24F3NO4/c1-17(2,3)26-16(24)6-7-22-8-9-25-15(11-22)13-5-4-12(23)10-14(13)18(19,20)21/h4-5,10,15,23H,6-9,11H2,1-3H3. The molecule has 0 aliphatic carbocycles. The van der Waals surface area contributed by atoms with Crippen LogP contribution in [0.5, 0.6) is 5.75 Å². The van der Waals surface area contributed by atoms with Crippen LogP contribution in [0.2, 0.25) is 0 Å². The Morgan fingerprint density at radius 2 is 2.04 bits per heavy atom. The van der Waals surface area contributed by atoms with Gasteiger partial charge in [0, 0.05) is 19.6 Å². The molecular weight excluding hydrogens is 351 g/mol. The van der Waals surface area contributed by atoms with Crippen molar-refractivity contribution in [3.05, 3.63) is 29.3 Å². The molecule has 0 aromatic heterocycles. The number of esters is 1. The number of carbonyl (C=O) groups excluding carboxylic acids is 1. The number of morpholine rings is 1. The third kappa shape index (κ3) is 5.88. The minimum absolute atomic E-state index is 0.0164. The van der Waals surface area contributed by atoms with Crippen molar-refractivity contribution < 1.29 is 32.5 Å². The van der Waals surface area contributed by atoms with Gasteiger partial charge in [0.15, 0.2) is 0 Å². The quantitative estimate of drug-likeness (QED) is 0.816. The highest BCUT2D eigenvalue weighted by molar-refractivity contribution is 5.70. The Kier molecular flexibility index (Phi) is 6.18. The van der Waals surface area contributed by atoms with E-state index in [0.717, 1.165) is 0 Å². The summed E-state index contributed by atoms with van der Waals surface area (Å²) in [5, 5.41) is 9.39. The second kappa shape index (κ2) is 7.84. The first kappa shape index (κ1) is 20.5. The monoisotopic (exact) mass is 375 g/mol. The number of hydrogen-bond donors (Lipinski definition) is 1. The fraction of sp³-hybridized carbons (Fsp3) is 0.611. The Hall–Kier alpha value is -1.80. The van der Waals surface area contributed by atoms with E-state index in [2.05, 4.69) is 0 Å². The van der Waals surface area contributed by atoms with Gasteiger partial charge in [0.25, 0.3) is 0 Å². The molecule has 2 rings (SSSR count). The number of benzene rings is 1. The molecule has 1 saturated heterocycles. The number of aromatic hydroxyl groups is 1. The molecule has 146 valence electrons. The van der Waals surface area contributed by atoms with E-state index in [4.69, 9.17) is 9.47 Å². The number of halogens is 3. The molecular formula is C18H24F3NO4. The second-order valence-electron chi connectivity index (χ2n) is 7.27. The maximum Gasteiger partial charge on any atom is 0.416 e. The Morgan fingerprint density at radius 3 is 2.65 bits per heavy atom. The van der Waals surface area contributed by atoms with Crippen LogP contribution in [0.3, 0.4) is 0 Å². The van der Waals surface area contributed by atoms with Crippen molar-refractivity contribution in [2.75, 3.05) is 26.2 Å². The molecule has 1 fully saturated rings. The molecule has 0 amide bonds. The van der Waals surface area contributed by atoms with Gasteiger partial charge < -0.3 is 14.6 Å². The van der Waals surface area contributed by atoms with Crippen LogP contribution in [0, 0.1) is 0 Å². The largest absolute Gasteiger partial charge is 0.508 e. The molecule has 1 aliphatic heterocycles. The van der Waals surface area contributed by atoms with Crippen LogP contribution in [0.4, 0.5) is 13.2 Å². The number of carbonyl (C=O) groups is 1. The number of phenolic OH excluding ortho intramolecular Hbond substituents is 1. The topological polar surface area (TPSA) is 59.0 Å². The molecule has 1 aliphatic rings. The van der Waals surface area contributed by atoms with Crippen LogP contribution in [0.15, 0.2) is 18.2 Å². The third-order valence-electron chi connectivity index (χ3n) is 3.89. The van der Waals surface area contributed by atoms with Gasteiger partial charge in [0.2, 0.25) is 0 Å². The summed E-state index contributed by atoms with van der Waals surface area (Å²) < 4.78 is 50.5. The molecule has 0 spiro atoms. The summed E-state index contributed by atoms with van der Waals surface area (Å²) in [4.78, 5) is 13.7. The van der Waals surface area contributed by atoms with E-state index in [1.54, 1.807) is 20.8 Å². The van der Waals surface area contributed by atoms with Crippen molar-refractivity contribution in [2.24, 2.45) is 0 Å². The van der Waals surface area contributed by atoms with Gasteiger partial charge in [0.05, 0.1) is 24.7 Å². The number of ether oxygens (including phenoxy) is 2. The van der Waals surface area contributed by atoms with Gasteiger partial charge in [-0.25, -0.2) is 0 Å². The molecule has 1 heterocycles. The van der Waals surface area contributed by atoms with Crippen LogP contribution in [0.25, 0.3) is 0 Å². The zero-order valence-electron chi connectivity index (χ0n) is 15.1. The lowest BCUT2D eigenvalue weighted by molar-refractivity contribution is -0.155. The molecule has 1 N–H and O–H groups in total. The van der Waals surface area contributed by atoms with Crippen LogP contribution in [-0.2, 0) is 20.4 Å². The Labute approximate surface area is 150 Å². The molecule has 0 saturated carbocycles. The molecule has 0 bridgehead atoms. The van der Waals surface area contributed by atoms with Gasteiger partial charge in [-0.2, -0.15) is 13.2 Å². The zero-order chi connectivity index (χ0) is 19.5. The zero-order valence-corrected chi connectivity index (χ0v) is 15.1. The predicted octanol–water partition coefficient (Wildman–Crippen LogP) is 3.52. The van der Waals surface area contributed by atoms with Crippen molar-refractivity contribution in [2.45, 2.75) is 45.1 Å². The van der Waals surface area contributed by atoms with Crippen LogP contribution >= 0.6 is 0 Å². The minimum Gasteiger partial charge on any atom is -0.508 e. The van der Waals surface area contributed by atoms with E-state index in [1.165, 1.54) is 12.1 Å². The summed E-state index contributed by atoms with van der Waals surface area (Å²) >= 11 is 0. The lowest BCUT2D eigenvalue weighted by Crippen LogP contribution is -2.40. The van der Waals surface area contributed by atoms with Crippen LogP contribution in [0.1, 0.15) is 44.4 Å². The number of phenols is 1. The van der Waals surface area contributed by atoms with Crippen molar-refractivity contribution in [1.29, 1.82) is 0 Å². The number of nitrogens with zero attached hydrogens (tertiary/aromatic N) is 1. The van der Waals surface area contributed by atoms with E-state index in [-0.39, 0.29) is 31.1 Å². The lowest BCUT2D eigenvalue weighted by Gasteiger charge is -2.34. The van der Waals surface area contributed by atoms with Crippen molar-refractivity contribution >= 4 is 5.97 Å². The number of rotatable bonds is 4. The van der Waals surface area contributed by atoms with Crippen LogP contribution < -0.4 is 0 Å². The number of hydrogen-bond acceptors (Lipinski definition) is 5. The van der Waals surface area contributed by atoms with Crippen molar-refractivity contribution in [3.8, 4) is 5.75 Å². The van der Waals surface area contributed by atoms with Crippen molar-refractivity contribution in [1.82, 2.24) is 4.90 Å². The van der Waals surface area contributed by atoms with E-state index in [1.807, 2.05) is 4.90 Å². The highest BCUT2D eigenvalue weighted by atomic mass is 19.4. The van der Waals surface area contributed by atoms with E-state index >= 15 is 0 Å². The summed E-state index contributed by atoms with van der Waals surface area (Å²) in [7, 11) is 0. The van der Waals surface area contributed by atoms with Gasteiger partial charge in [-0.1, -0.05) is 6.07 Å². The Morgan fingerprint density at radius 1 is 1.35 bits per heavy atom. The average Bonchev–Trinajstić information content (AvgIpc) is 2.51. The fourth-order valence-electron chi connectivity index (χ4n) is 2.81. The highest BCUT2D eigenvalue weighted by Gasteiger charge is 2.37. The molecule has 1 aromatic carbocycles. The molecule has 1 unspecified atom stereocenters. The van der Waals surface area contributed by atoms with Crippen molar-refractivity contribution in [3.63, 3.8) is 0 Å². The third-order valence-corrected chi connectivity index (χ3v) is 3.89. The highest BCUT2D eigenvalue weighted by Crippen LogP contribution is 2.38. The summed E-state index contributed by atoms with van der Waals surface area (Å²) in [5.74, 6) is -0.792. The summed E-state index contributed by atoms with van der Waals surface area (Å²) in [6, 6.07) is 3.16. The Bertz CT molecular complexity index is 640. The maximum absolute atomic E-state index is 13.3. The SMILES string of the molecule is CC(C)(C)OC(=O)CCN1CCOC(c2ccc(O)cc2C(F)(F)F)C1. The molecule has 8 heteroatoms. The first-order valence-electron chi connectivity index (χ1n) is 8.41. The van der Waals surface area contributed by atoms with Gasteiger partial charge in [-0.3, -0.25) is 9.69 Å².